The second-order valence-electron chi connectivity index (χ2n) is 4.63. The molecule has 2 aromatic carbocycles. The highest BCUT2D eigenvalue weighted by Gasteiger charge is 2.13. The van der Waals surface area contributed by atoms with E-state index in [0.29, 0.717) is 10.7 Å². The number of halogens is 2. The highest BCUT2D eigenvalue weighted by molar-refractivity contribution is 6.30. The van der Waals surface area contributed by atoms with E-state index in [0.717, 1.165) is 22.5 Å². The lowest BCUT2D eigenvalue weighted by molar-refractivity contribution is 0.628. The van der Waals surface area contributed by atoms with Crippen molar-refractivity contribution in [2.45, 2.75) is 13.8 Å². The van der Waals surface area contributed by atoms with Crippen molar-refractivity contribution in [2.24, 2.45) is 0 Å². The molecule has 2 N–H and O–H groups in total. The Labute approximate surface area is 117 Å². The van der Waals surface area contributed by atoms with Crippen LogP contribution >= 0.6 is 11.6 Å². The predicted molar refractivity (Wildman–Crippen MR) is 79.8 cm³/mol. The summed E-state index contributed by atoms with van der Waals surface area (Å²) in [6.45, 7) is 3.86. The molecule has 19 heavy (non-hydrogen) atoms. The van der Waals surface area contributed by atoms with Gasteiger partial charge in [0.25, 0.3) is 0 Å². The van der Waals surface area contributed by atoms with E-state index in [1.54, 1.807) is 0 Å². The largest absolute Gasteiger partial charge is 0.398 e. The first-order valence-electron chi connectivity index (χ1n) is 5.95. The lowest BCUT2D eigenvalue weighted by Gasteiger charge is -2.24. The molecule has 0 aromatic heterocycles. The normalized spacial score (nSPS) is 10.6. The summed E-state index contributed by atoms with van der Waals surface area (Å²) in [5.74, 6) is -0.343. The summed E-state index contributed by atoms with van der Waals surface area (Å²) in [6.07, 6.45) is 0. The monoisotopic (exact) mass is 278 g/mol. The molecule has 0 saturated carbocycles. The third kappa shape index (κ3) is 2.66. The van der Waals surface area contributed by atoms with Gasteiger partial charge in [-0.15, -0.1) is 0 Å². The number of benzene rings is 2. The van der Waals surface area contributed by atoms with Gasteiger partial charge in [-0.3, -0.25) is 0 Å². The number of anilines is 3. The van der Waals surface area contributed by atoms with Gasteiger partial charge in [0.15, 0.2) is 0 Å². The quantitative estimate of drug-likeness (QED) is 0.823. The van der Waals surface area contributed by atoms with Crippen LogP contribution in [0.15, 0.2) is 30.3 Å². The number of hydrogen-bond donors (Lipinski definition) is 1. The van der Waals surface area contributed by atoms with Gasteiger partial charge in [-0.05, 0) is 49.2 Å². The molecule has 0 unspecified atom stereocenters. The molecule has 0 saturated heterocycles. The molecule has 2 nitrogen and oxygen atoms in total. The van der Waals surface area contributed by atoms with Gasteiger partial charge < -0.3 is 10.6 Å². The molecule has 2 rings (SSSR count). The summed E-state index contributed by atoms with van der Waals surface area (Å²) >= 11 is 6.03. The molecule has 0 spiro atoms. The zero-order valence-electron chi connectivity index (χ0n) is 11.2. The van der Waals surface area contributed by atoms with E-state index in [2.05, 4.69) is 0 Å². The molecule has 4 heteroatoms. The number of nitrogens with two attached hydrogens (primary N) is 1. The maximum absolute atomic E-state index is 13.5. The minimum Gasteiger partial charge on any atom is -0.398 e. The van der Waals surface area contributed by atoms with Gasteiger partial charge in [0.2, 0.25) is 0 Å². The van der Waals surface area contributed by atoms with Crippen molar-refractivity contribution in [3.63, 3.8) is 0 Å². The van der Waals surface area contributed by atoms with Crippen molar-refractivity contribution >= 4 is 28.7 Å². The molecule has 0 amide bonds. The summed E-state index contributed by atoms with van der Waals surface area (Å²) in [4.78, 5) is 1.90. The Morgan fingerprint density at radius 3 is 2.47 bits per heavy atom. The molecule has 0 heterocycles. The SMILES string of the molecule is Cc1ccc(Cl)cc1N(C)c1cc(F)cc(N)c1C. The van der Waals surface area contributed by atoms with Crippen LogP contribution in [-0.2, 0) is 0 Å². The Morgan fingerprint density at radius 2 is 1.79 bits per heavy atom. The topological polar surface area (TPSA) is 29.3 Å². The minimum atomic E-state index is -0.343. The second-order valence-corrected chi connectivity index (χ2v) is 5.07. The smallest absolute Gasteiger partial charge is 0.127 e. The van der Waals surface area contributed by atoms with E-state index in [1.165, 1.54) is 12.1 Å². The molecule has 0 aliphatic rings. The maximum Gasteiger partial charge on any atom is 0.127 e. The second kappa shape index (κ2) is 5.10. The number of hydrogen-bond acceptors (Lipinski definition) is 2. The maximum atomic E-state index is 13.5. The van der Waals surface area contributed by atoms with Crippen molar-refractivity contribution in [3.8, 4) is 0 Å². The molecule has 100 valence electrons. The molecular weight excluding hydrogens is 263 g/mol. The van der Waals surface area contributed by atoms with Crippen molar-refractivity contribution < 1.29 is 4.39 Å². The molecule has 0 aliphatic carbocycles. The fourth-order valence-corrected chi connectivity index (χ4v) is 2.27. The van der Waals surface area contributed by atoms with Gasteiger partial charge in [0.05, 0.1) is 0 Å². The number of nitrogen functional groups attached to an aromatic ring is 1. The summed E-state index contributed by atoms with van der Waals surface area (Å²) in [5.41, 5.74) is 9.84. The first kappa shape index (κ1) is 13.7. The van der Waals surface area contributed by atoms with E-state index in [-0.39, 0.29) is 5.82 Å². The molecule has 0 bridgehead atoms. The van der Waals surface area contributed by atoms with E-state index >= 15 is 0 Å². The fraction of sp³-hybridized carbons (Fsp3) is 0.200. The lowest BCUT2D eigenvalue weighted by Crippen LogP contribution is -2.13. The highest BCUT2D eigenvalue weighted by Crippen LogP contribution is 2.33. The van der Waals surface area contributed by atoms with Crippen LogP contribution in [0.2, 0.25) is 5.02 Å². The van der Waals surface area contributed by atoms with E-state index in [1.807, 2.05) is 44.0 Å². The van der Waals surface area contributed by atoms with Crippen LogP contribution in [0.25, 0.3) is 0 Å². The molecular formula is C15H16ClFN2. The summed E-state index contributed by atoms with van der Waals surface area (Å²) in [5, 5.41) is 0.648. The third-order valence-corrected chi connectivity index (χ3v) is 3.51. The van der Waals surface area contributed by atoms with Crippen LogP contribution in [0.4, 0.5) is 21.5 Å². The minimum absolute atomic E-state index is 0.343. The van der Waals surface area contributed by atoms with Gasteiger partial charge in [-0.1, -0.05) is 17.7 Å². The average Bonchev–Trinajstić information content (AvgIpc) is 2.36. The molecule has 0 aliphatic heterocycles. The molecule has 0 fully saturated rings. The van der Waals surface area contributed by atoms with Gasteiger partial charge in [-0.2, -0.15) is 0 Å². The van der Waals surface area contributed by atoms with Gasteiger partial charge in [0, 0.05) is 29.1 Å². The first-order chi connectivity index (χ1) is 8.90. The Morgan fingerprint density at radius 1 is 1.11 bits per heavy atom. The Hall–Kier alpha value is -1.74. The summed E-state index contributed by atoms with van der Waals surface area (Å²) in [7, 11) is 1.87. The van der Waals surface area contributed by atoms with Crippen LogP contribution in [0.3, 0.4) is 0 Å². The zero-order chi connectivity index (χ0) is 14.2. The van der Waals surface area contributed by atoms with Gasteiger partial charge in [0.1, 0.15) is 5.82 Å². The molecule has 0 atom stereocenters. The fourth-order valence-electron chi connectivity index (χ4n) is 2.11. The van der Waals surface area contributed by atoms with Crippen molar-refractivity contribution in [1.29, 1.82) is 0 Å². The van der Waals surface area contributed by atoms with Gasteiger partial charge >= 0.3 is 0 Å². The number of rotatable bonds is 2. The first-order valence-corrected chi connectivity index (χ1v) is 6.33. The third-order valence-electron chi connectivity index (χ3n) is 3.28. The number of nitrogens with zero attached hydrogens (tertiary/aromatic N) is 1. The molecule has 2 aromatic rings. The standard InChI is InChI=1S/C15H16ClFN2/c1-9-4-5-11(16)6-14(9)19(3)15-8-12(17)7-13(18)10(15)2/h4-8H,18H2,1-3H3. The van der Waals surface area contributed by atoms with Gasteiger partial charge in [-0.25, -0.2) is 4.39 Å². The lowest BCUT2D eigenvalue weighted by atomic mass is 10.1. The van der Waals surface area contributed by atoms with E-state index in [9.17, 15) is 4.39 Å². The summed E-state index contributed by atoms with van der Waals surface area (Å²) < 4.78 is 13.5. The van der Waals surface area contributed by atoms with E-state index in [4.69, 9.17) is 17.3 Å². The van der Waals surface area contributed by atoms with Crippen molar-refractivity contribution in [1.82, 2.24) is 0 Å². The van der Waals surface area contributed by atoms with Crippen LogP contribution in [0, 0.1) is 19.7 Å². The molecule has 0 radical (unpaired) electrons. The van der Waals surface area contributed by atoms with Crippen molar-refractivity contribution in [2.75, 3.05) is 17.7 Å². The highest BCUT2D eigenvalue weighted by atomic mass is 35.5. The van der Waals surface area contributed by atoms with Crippen LogP contribution < -0.4 is 10.6 Å². The Bertz CT molecular complexity index is 626. The number of aryl methyl sites for hydroxylation is 1. The summed E-state index contributed by atoms with van der Waals surface area (Å²) in [6, 6.07) is 8.44. The zero-order valence-corrected chi connectivity index (χ0v) is 11.9. The van der Waals surface area contributed by atoms with Crippen molar-refractivity contribution in [3.05, 3.63) is 52.3 Å². The van der Waals surface area contributed by atoms with Crippen LogP contribution in [0.5, 0.6) is 0 Å². The van der Waals surface area contributed by atoms with Crippen LogP contribution in [0.1, 0.15) is 11.1 Å². The average molecular weight is 279 g/mol. The van der Waals surface area contributed by atoms with Crippen LogP contribution in [-0.4, -0.2) is 7.05 Å². The predicted octanol–water partition coefficient (Wildman–Crippen LogP) is 4.45. The Kier molecular flexibility index (Phi) is 3.67. The Balaban J connectivity index is 2.55. The van der Waals surface area contributed by atoms with E-state index < -0.39 is 0 Å².